The quantitative estimate of drug-likeness (QED) is 0.788. The fourth-order valence-electron chi connectivity index (χ4n) is 2.43. The van der Waals surface area contributed by atoms with Gasteiger partial charge >= 0.3 is 0 Å². The summed E-state index contributed by atoms with van der Waals surface area (Å²) in [6, 6.07) is 5.16. The zero-order valence-corrected chi connectivity index (χ0v) is 11.1. The van der Waals surface area contributed by atoms with Crippen molar-refractivity contribution in [1.82, 2.24) is 4.57 Å². The number of phenols is 1. The van der Waals surface area contributed by atoms with Crippen molar-refractivity contribution in [2.75, 3.05) is 0 Å². The molecule has 1 aliphatic rings. The summed E-state index contributed by atoms with van der Waals surface area (Å²) >= 11 is 0. The Morgan fingerprint density at radius 3 is 2.79 bits per heavy atom. The lowest BCUT2D eigenvalue weighted by atomic mass is 10.0. The van der Waals surface area contributed by atoms with E-state index in [9.17, 15) is 9.90 Å². The Hall–Kier alpha value is -2.23. The first-order valence-electron chi connectivity index (χ1n) is 6.14. The van der Waals surface area contributed by atoms with Crippen LogP contribution in [0.5, 0.6) is 11.5 Å². The third-order valence-electron chi connectivity index (χ3n) is 3.39. The van der Waals surface area contributed by atoms with Crippen LogP contribution in [0, 0.1) is 0 Å². The van der Waals surface area contributed by atoms with Gasteiger partial charge < -0.3 is 14.4 Å². The van der Waals surface area contributed by atoms with E-state index >= 15 is 0 Å². The molecule has 2 heterocycles. The molecule has 1 N–H and O–H groups in total. The summed E-state index contributed by atoms with van der Waals surface area (Å²) in [6.07, 6.45) is 3.66. The Bertz CT molecular complexity index is 769. The fourth-order valence-corrected chi connectivity index (χ4v) is 2.43. The molecule has 3 rings (SSSR count). The van der Waals surface area contributed by atoms with Crippen molar-refractivity contribution in [1.29, 1.82) is 0 Å². The van der Waals surface area contributed by atoms with Gasteiger partial charge in [-0.1, -0.05) is 6.07 Å². The first-order valence-corrected chi connectivity index (χ1v) is 6.14. The van der Waals surface area contributed by atoms with E-state index in [-0.39, 0.29) is 11.3 Å². The highest BCUT2D eigenvalue weighted by atomic mass is 16.5. The minimum atomic E-state index is -0.461. The molecule has 0 atom stereocenters. The van der Waals surface area contributed by atoms with Crippen LogP contribution in [0.2, 0.25) is 0 Å². The summed E-state index contributed by atoms with van der Waals surface area (Å²) in [5, 5.41) is 10.7. The van der Waals surface area contributed by atoms with E-state index in [1.807, 2.05) is 26.0 Å². The van der Waals surface area contributed by atoms with Crippen LogP contribution in [0.3, 0.4) is 0 Å². The van der Waals surface area contributed by atoms with Gasteiger partial charge in [-0.05, 0) is 38.1 Å². The molecule has 1 aliphatic heterocycles. The Balaban J connectivity index is 2.51. The van der Waals surface area contributed by atoms with Crippen LogP contribution >= 0.6 is 0 Å². The number of rotatable bonds is 0. The number of phenolic OH excluding ortho intramolecular Hbond substituents is 1. The first-order chi connectivity index (χ1) is 8.91. The summed E-state index contributed by atoms with van der Waals surface area (Å²) in [4.78, 5) is 12.3. The number of benzene rings is 1. The fraction of sp³-hybridized carbons (Fsp3) is 0.267. The van der Waals surface area contributed by atoms with Crippen LogP contribution in [0.1, 0.15) is 19.4 Å². The van der Waals surface area contributed by atoms with Crippen molar-refractivity contribution in [3.8, 4) is 11.5 Å². The zero-order chi connectivity index (χ0) is 13.8. The monoisotopic (exact) mass is 257 g/mol. The van der Waals surface area contributed by atoms with Gasteiger partial charge in [0.1, 0.15) is 17.1 Å². The highest BCUT2D eigenvalue weighted by Gasteiger charge is 2.26. The van der Waals surface area contributed by atoms with Crippen LogP contribution in [0.15, 0.2) is 29.1 Å². The topological polar surface area (TPSA) is 51.5 Å². The molecular weight excluding hydrogens is 242 g/mol. The minimum absolute atomic E-state index is 0.0795. The smallest absolute Gasteiger partial charge is 0.261 e. The number of fused-ring (bicyclic) bond motifs is 3. The molecule has 0 saturated carbocycles. The van der Waals surface area contributed by atoms with Crippen LogP contribution in [0.25, 0.3) is 17.0 Å². The van der Waals surface area contributed by atoms with E-state index in [1.54, 1.807) is 25.3 Å². The van der Waals surface area contributed by atoms with E-state index in [4.69, 9.17) is 4.74 Å². The first kappa shape index (κ1) is 11.8. The molecule has 0 aliphatic carbocycles. The number of nitrogens with zero attached hydrogens (tertiary/aromatic N) is 1. The average Bonchev–Trinajstić information content (AvgIpc) is 2.34. The molecule has 1 aromatic carbocycles. The van der Waals surface area contributed by atoms with E-state index in [0.29, 0.717) is 16.8 Å². The van der Waals surface area contributed by atoms with E-state index < -0.39 is 5.60 Å². The SMILES string of the molecule is Cn1c(=O)c2c(c3cccc(O)c31)OC(C)(C)C=C2. The summed E-state index contributed by atoms with van der Waals surface area (Å²) in [6.45, 7) is 3.86. The molecule has 0 saturated heterocycles. The van der Waals surface area contributed by atoms with Gasteiger partial charge in [-0.15, -0.1) is 0 Å². The van der Waals surface area contributed by atoms with Gasteiger partial charge in [-0.25, -0.2) is 0 Å². The maximum Gasteiger partial charge on any atom is 0.261 e. The summed E-state index contributed by atoms with van der Waals surface area (Å²) in [7, 11) is 1.65. The Morgan fingerprint density at radius 1 is 1.32 bits per heavy atom. The van der Waals surface area contributed by atoms with Gasteiger partial charge in [-0.2, -0.15) is 0 Å². The molecule has 4 nitrogen and oxygen atoms in total. The molecule has 0 spiro atoms. The van der Waals surface area contributed by atoms with Crippen molar-refractivity contribution in [3.05, 3.63) is 40.2 Å². The maximum atomic E-state index is 12.3. The third kappa shape index (κ3) is 1.63. The lowest BCUT2D eigenvalue weighted by Gasteiger charge is -2.29. The molecule has 98 valence electrons. The lowest BCUT2D eigenvalue weighted by molar-refractivity contribution is 0.161. The second-order valence-electron chi connectivity index (χ2n) is 5.32. The van der Waals surface area contributed by atoms with Gasteiger partial charge in [-0.3, -0.25) is 4.79 Å². The molecule has 0 amide bonds. The van der Waals surface area contributed by atoms with Crippen LogP contribution in [0.4, 0.5) is 0 Å². The molecule has 0 unspecified atom stereocenters. The number of aryl methyl sites for hydroxylation is 1. The Labute approximate surface area is 110 Å². The second-order valence-corrected chi connectivity index (χ2v) is 5.32. The molecular formula is C15H15NO3. The largest absolute Gasteiger partial charge is 0.506 e. The number of hydrogen-bond donors (Lipinski definition) is 1. The predicted molar refractivity (Wildman–Crippen MR) is 74.6 cm³/mol. The summed E-state index contributed by atoms with van der Waals surface area (Å²) in [5.74, 6) is 0.623. The van der Waals surface area contributed by atoms with Gasteiger partial charge in [0.15, 0.2) is 0 Å². The van der Waals surface area contributed by atoms with Crippen molar-refractivity contribution < 1.29 is 9.84 Å². The summed E-state index contributed by atoms with van der Waals surface area (Å²) < 4.78 is 7.37. The number of ether oxygens (including phenoxy) is 1. The molecule has 0 bridgehead atoms. The molecule has 0 radical (unpaired) electrons. The normalized spacial score (nSPS) is 16.2. The molecule has 4 heteroatoms. The number of aromatic hydroxyl groups is 1. The van der Waals surface area contributed by atoms with Crippen molar-refractivity contribution in [2.24, 2.45) is 7.05 Å². The third-order valence-corrected chi connectivity index (χ3v) is 3.39. The van der Waals surface area contributed by atoms with Crippen LogP contribution in [-0.2, 0) is 7.05 Å². The summed E-state index contributed by atoms with van der Waals surface area (Å²) in [5.41, 5.74) is 0.394. The van der Waals surface area contributed by atoms with E-state index in [1.165, 1.54) is 4.57 Å². The van der Waals surface area contributed by atoms with Gasteiger partial charge in [0.25, 0.3) is 5.56 Å². The minimum Gasteiger partial charge on any atom is -0.506 e. The Kier molecular flexibility index (Phi) is 2.26. The highest BCUT2D eigenvalue weighted by molar-refractivity contribution is 5.93. The van der Waals surface area contributed by atoms with Gasteiger partial charge in [0.05, 0.1) is 11.1 Å². The average molecular weight is 257 g/mol. The standard InChI is InChI=1S/C15H15NO3/c1-15(2)8-7-10-13(19-15)9-5-4-6-11(17)12(9)16(3)14(10)18/h4-8,17H,1-3H3. The number of hydrogen-bond acceptors (Lipinski definition) is 3. The van der Waals surface area contributed by atoms with Crippen molar-refractivity contribution in [3.63, 3.8) is 0 Å². The second kappa shape index (κ2) is 3.63. The lowest BCUT2D eigenvalue weighted by Crippen LogP contribution is -2.31. The highest BCUT2D eigenvalue weighted by Crippen LogP contribution is 2.37. The number of para-hydroxylation sites is 1. The molecule has 19 heavy (non-hydrogen) atoms. The molecule has 1 aromatic heterocycles. The molecule has 0 fully saturated rings. The van der Waals surface area contributed by atoms with Crippen LogP contribution in [-0.4, -0.2) is 15.3 Å². The number of aromatic nitrogens is 1. The molecule has 2 aromatic rings. The van der Waals surface area contributed by atoms with Gasteiger partial charge in [0, 0.05) is 12.4 Å². The maximum absolute atomic E-state index is 12.3. The van der Waals surface area contributed by atoms with E-state index in [0.717, 1.165) is 5.39 Å². The van der Waals surface area contributed by atoms with Crippen molar-refractivity contribution in [2.45, 2.75) is 19.4 Å². The Morgan fingerprint density at radius 2 is 2.05 bits per heavy atom. The van der Waals surface area contributed by atoms with Crippen molar-refractivity contribution >= 4 is 17.0 Å². The predicted octanol–water partition coefficient (Wildman–Crippen LogP) is 2.43. The zero-order valence-electron chi connectivity index (χ0n) is 11.1. The van der Waals surface area contributed by atoms with Crippen LogP contribution < -0.4 is 10.3 Å². The van der Waals surface area contributed by atoms with Gasteiger partial charge in [0.2, 0.25) is 0 Å². The van der Waals surface area contributed by atoms with E-state index in [2.05, 4.69) is 0 Å². The number of pyridine rings is 1.